The van der Waals surface area contributed by atoms with Crippen molar-refractivity contribution in [3.63, 3.8) is 0 Å². The molecule has 1 atom stereocenters. The lowest BCUT2D eigenvalue weighted by Gasteiger charge is -2.20. The van der Waals surface area contributed by atoms with Crippen LogP contribution in [0.1, 0.15) is 32.6 Å². The molecule has 0 aromatic carbocycles. The quantitative estimate of drug-likeness (QED) is 0.657. The van der Waals surface area contributed by atoms with Gasteiger partial charge in [-0.1, -0.05) is 19.8 Å². The van der Waals surface area contributed by atoms with Gasteiger partial charge in [0.1, 0.15) is 11.5 Å². The van der Waals surface area contributed by atoms with Crippen LogP contribution in [0.3, 0.4) is 0 Å². The molecule has 118 valence electrons. The highest BCUT2D eigenvalue weighted by atomic mass is 16.5. The first kappa shape index (κ1) is 15.6. The number of anilines is 2. The summed E-state index contributed by atoms with van der Waals surface area (Å²) in [6.45, 7) is 2.74. The van der Waals surface area contributed by atoms with Gasteiger partial charge in [-0.25, -0.2) is 4.79 Å². The predicted molar refractivity (Wildman–Crippen MR) is 82.7 cm³/mol. The first-order valence-corrected chi connectivity index (χ1v) is 7.44. The van der Waals surface area contributed by atoms with E-state index < -0.39 is 11.2 Å². The molecule has 0 amide bonds. The van der Waals surface area contributed by atoms with Crippen LogP contribution in [-0.2, 0) is 11.3 Å². The number of aromatic amines is 1. The maximum atomic E-state index is 12.0. The number of H-pyrrole nitrogens is 1. The van der Waals surface area contributed by atoms with E-state index >= 15 is 0 Å². The molecule has 1 unspecified atom stereocenters. The van der Waals surface area contributed by atoms with E-state index in [0.717, 1.165) is 18.8 Å². The molecule has 1 saturated carbocycles. The zero-order chi connectivity index (χ0) is 15.4. The Morgan fingerprint density at radius 3 is 2.76 bits per heavy atom. The normalized spacial score (nSPS) is 15.9. The maximum absolute atomic E-state index is 12.0. The number of methoxy groups -OCH3 is 1. The Balaban J connectivity index is 2.24. The topological polar surface area (TPSA) is 102 Å². The van der Waals surface area contributed by atoms with E-state index in [-0.39, 0.29) is 11.9 Å². The SMILES string of the molecule is CCC(CC1CC1)Nc1c(N)n(CCOC)c(=O)[nH]c1=O. The fourth-order valence-corrected chi connectivity index (χ4v) is 2.42. The molecule has 7 nitrogen and oxygen atoms in total. The summed E-state index contributed by atoms with van der Waals surface area (Å²) in [7, 11) is 1.55. The lowest BCUT2D eigenvalue weighted by molar-refractivity contribution is 0.186. The van der Waals surface area contributed by atoms with Crippen LogP contribution in [0.5, 0.6) is 0 Å². The Hall–Kier alpha value is -1.76. The summed E-state index contributed by atoms with van der Waals surface area (Å²) in [6.07, 6.45) is 4.47. The second kappa shape index (κ2) is 6.80. The Morgan fingerprint density at radius 2 is 2.19 bits per heavy atom. The van der Waals surface area contributed by atoms with E-state index in [0.29, 0.717) is 18.8 Å². The first-order valence-electron chi connectivity index (χ1n) is 7.44. The fraction of sp³-hybridized carbons (Fsp3) is 0.714. The molecule has 0 saturated heterocycles. The number of hydrogen-bond donors (Lipinski definition) is 3. The van der Waals surface area contributed by atoms with Crippen LogP contribution in [0.2, 0.25) is 0 Å². The molecule has 1 aliphatic rings. The van der Waals surface area contributed by atoms with Gasteiger partial charge in [-0.3, -0.25) is 14.3 Å². The van der Waals surface area contributed by atoms with Crippen LogP contribution in [0.4, 0.5) is 11.5 Å². The molecule has 0 spiro atoms. The van der Waals surface area contributed by atoms with Crippen LogP contribution in [0, 0.1) is 5.92 Å². The molecule has 1 aromatic rings. The molecule has 1 heterocycles. The molecule has 21 heavy (non-hydrogen) atoms. The molecular formula is C14H24N4O3. The van der Waals surface area contributed by atoms with Gasteiger partial charge in [0.2, 0.25) is 0 Å². The van der Waals surface area contributed by atoms with Crippen LogP contribution in [0.15, 0.2) is 9.59 Å². The number of hydrogen-bond acceptors (Lipinski definition) is 5. The monoisotopic (exact) mass is 296 g/mol. The van der Waals surface area contributed by atoms with Gasteiger partial charge in [0, 0.05) is 13.2 Å². The molecule has 1 fully saturated rings. The van der Waals surface area contributed by atoms with Crippen molar-refractivity contribution in [2.75, 3.05) is 24.8 Å². The minimum atomic E-state index is -0.504. The Kier molecular flexibility index (Phi) is 5.06. The van der Waals surface area contributed by atoms with E-state index in [4.69, 9.17) is 10.5 Å². The summed E-state index contributed by atoms with van der Waals surface area (Å²) in [4.78, 5) is 26.1. The molecule has 1 aliphatic carbocycles. The highest BCUT2D eigenvalue weighted by Crippen LogP contribution is 2.34. The predicted octanol–water partition coefficient (Wildman–Crippen LogP) is 0.756. The number of ether oxygens (including phenoxy) is 1. The zero-order valence-corrected chi connectivity index (χ0v) is 12.6. The Bertz CT molecular complexity index is 589. The van der Waals surface area contributed by atoms with E-state index in [1.54, 1.807) is 7.11 Å². The number of nitrogens with zero attached hydrogens (tertiary/aromatic N) is 1. The highest BCUT2D eigenvalue weighted by Gasteiger charge is 2.25. The highest BCUT2D eigenvalue weighted by molar-refractivity contribution is 5.60. The number of rotatable bonds is 8. The maximum Gasteiger partial charge on any atom is 0.330 e. The van der Waals surface area contributed by atoms with Crippen LogP contribution < -0.4 is 22.3 Å². The molecule has 0 radical (unpaired) electrons. The third kappa shape index (κ3) is 3.87. The third-order valence-electron chi connectivity index (χ3n) is 3.91. The summed E-state index contributed by atoms with van der Waals surface area (Å²) in [5.41, 5.74) is 5.33. The van der Waals surface area contributed by atoms with E-state index in [1.165, 1.54) is 17.4 Å². The smallest absolute Gasteiger partial charge is 0.330 e. The van der Waals surface area contributed by atoms with E-state index in [2.05, 4.69) is 17.2 Å². The average Bonchev–Trinajstić information content (AvgIpc) is 3.25. The molecular weight excluding hydrogens is 272 g/mol. The van der Waals surface area contributed by atoms with Crippen LogP contribution >= 0.6 is 0 Å². The summed E-state index contributed by atoms with van der Waals surface area (Å²) in [5.74, 6) is 0.928. The Labute approximate surface area is 123 Å². The van der Waals surface area contributed by atoms with Gasteiger partial charge in [0.05, 0.1) is 13.2 Å². The Morgan fingerprint density at radius 1 is 1.48 bits per heavy atom. The first-order chi connectivity index (χ1) is 10.1. The lowest BCUT2D eigenvalue weighted by atomic mass is 10.1. The van der Waals surface area contributed by atoms with Gasteiger partial charge >= 0.3 is 5.69 Å². The van der Waals surface area contributed by atoms with Crippen molar-refractivity contribution in [2.24, 2.45) is 5.92 Å². The van der Waals surface area contributed by atoms with Crippen molar-refractivity contribution in [3.05, 3.63) is 20.8 Å². The summed E-state index contributed by atoms with van der Waals surface area (Å²) in [5, 5.41) is 3.21. The average molecular weight is 296 g/mol. The van der Waals surface area contributed by atoms with Gasteiger partial charge in [-0.15, -0.1) is 0 Å². The van der Waals surface area contributed by atoms with Crippen molar-refractivity contribution >= 4 is 11.5 Å². The van der Waals surface area contributed by atoms with Crippen LogP contribution in [0.25, 0.3) is 0 Å². The number of nitrogens with two attached hydrogens (primary N) is 1. The van der Waals surface area contributed by atoms with Gasteiger partial charge in [-0.05, 0) is 18.8 Å². The van der Waals surface area contributed by atoms with Gasteiger partial charge in [0.15, 0.2) is 0 Å². The van der Waals surface area contributed by atoms with Gasteiger partial charge in [-0.2, -0.15) is 0 Å². The van der Waals surface area contributed by atoms with Gasteiger partial charge < -0.3 is 15.8 Å². The second-order valence-electron chi connectivity index (χ2n) is 5.59. The van der Waals surface area contributed by atoms with Gasteiger partial charge in [0.25, 0.3) is 5.56 Å². The second-order valence-corrected chi connectivity index (χ2v) is 5.59. The standard InChI is InChI=1S/C14H24N4O3/c1-3-10(8-9-4-5-9)16-11-12(15)18(6-7-21-2)14(20)17-13(11)19/h9-10,16H,3-8,15H2,1-2H3,(H,17,19,20). The van der Waals surface area contributed by atoms with Crippen molar-refractivity contribution in [3.8, 4) is 0 Å². The molecule has 1 aromatic heterocycles. The molecule has 0 bridgehead atoms. The molecule has 0 aliphatic heterocycles. The molecule has 4 N–H and O–H groups in total. The number of nitrogens with one attached hydrogen (secondary N) is 2. The van der Waals surface area contributed by atoms with Crippen molar-refractivity contribution in [1.82, 2.24) is 9.55 Å². The van der Waals surface area contributed by atoms with Crippen molar-refractivity contribution in [2.45, 2.75) is 45.2 Å². The number of nitrogen functional groups attached to an aromatic ring is 1. The summed E-state index contributed by atoms with van der Waals surface area (Å²) < 4.78 is 6.29. The molecule has 7 heteroatoms. The van der Waals surface area contributed by atoms with E-state index in [9.17, 15) is 9.59 Å². The third-order valence-corrected chi connectivity index (χ3v) is 3.91. The summed E-state index contributed by atoms with van der Waals surface area (Å²) in [6, 6.07) is 0.203. The number of aromatic nitrogens is 2. The van der Waals surface area contributed by atoms with Crippen LogP contribution in [-0.4, -0.2) is 29.3 Å². The lowest BCUT2D eigenvalue weighted by Crippen LogP contribution is -2.36. The fourth-order valence-electron chi connectivity index (χ4n) is 2.42. The minimum absolute atomic E-state index is 0.176. The summed E-state index contributed by atoms with van der Waals surface area (Å²) >= 11 is 0. The largest absolute Gasteiger partial charge is 0.383 e. The molecule has 2 rings (SSSR count). The minimum Gasteiger partial charge on any atom is -0.383 e. The zero-order valence-electron chi connectivity index (χ0n) is 12.6. The van der Waals surface area contributed by atoms with Crippen molar-refractivity contribution < 1.29 is 4.74 Å². The van der Waals surface area contributed by atoms with Crippen molar-refractivity contribution in [1.29, 1.82) is 0 Å². The van der Waals surface area contributed by atoms with E-state index in [1.807, 2.05) is 0 Å².